The molecule has 23 heavy (non-hydrogen) atoms. The number of halogens is 2. The first-order valence-corrected chi connectivity index (χ1v) is 9.86. The van der Waals surface area contributed by atoms with Gasteiger partial charge in [-0.15, -0.1) is 0 Å². The number of anilines is 1. The Morgan fingerprint density at radius 1 is 0.913 bits per heavy atom. The van der Waals surface area contributed by atoms with Crippen molar-refractivity contribution < 1.29 is 25.6 Å². The van der Waals surface area contributed by atoms with E-state index >= 15 is 0 Å². The second-order valence-corrected chi connectivity index (χ2v) is 8.64. The number of sulfone groups is 1. The summed E-state index contributed by atoms with van der Waals surface area (Å²) in [5.74, 6) is -2.78. The largest absolute Gasteiger partial charge is 0.284 e. The van der Waals surface area contributed by atoms with Crippen molar-refractivity contribution in [3.8, 4) is 0 Å². The lowest BCUT2D eigenvalue weighted by Crippen LogP contribution is -2.10. The molecule has 0 aromatic heterocycles. The smallest absolute Gasteiger partial charge is 0.229 e. The molecule has 0 saturated heterocycles. The number of benzene rings is 2. The summed E-state index contributed by atoms with van der Waals surface area (Å²) in [7, 11) is -7.27. The van der Waals surface area contributed by atoms with Crippen LogP contribution >= 0.6 is 0 Å². The second kappa shape index (κ2) is 6.25. The van der Waals surface area contributed by atoms with Crippen LogP contribution in [0.2, 0.25) is 0 Å². The fourth-order valence-corrected chi connectivity index (χ4v) is 3.78. The summed E-state index contributed by atoms with van der Waals surface area (Å²) in [5.41, 5.74) is 0.676. The highest BCUT2D eigenvalue weighted by Crippen LogP contribution is 2.20. The van der Waals surface area contributed by atoms with Gasteiger partial charge in [-0.3, -0.25) is 4.72 Å². The van der Waals surface area contributed by atoms with E-state index in [0.717, 1.165) is 18.4 Å². The van der Waals surface area contributed by atoms with Gasteiger partial charge in [0, 0.05) is 5.69 Å². The predicted molar refractivity (Wildman–Crippen MR) is 82.2 cm³/mol. The van der Waals surface area contributed by atoms with Gasteiger partial charge in [0.25, 0.3) is 0 Å². The summed E-state index contributed by atoms with van der Waals surface area (Å²) in [4.78, 5) is -0.324. The zero-order chi connectivity index (χ0) is 17.3. The maximum atomic E-state index is 13.2. The molecular weight excluding hydrogens is 348 g/mol. The number of hydrogen-bond donors (Lipinski definition) is 1. The molecule has 0 amide bonds. The number of hydrogen-bond acceptors (Lipinski definition) is 4. The van der Waals surface area contributed by atoms with E-state index in [0.29, 0.717) is 17.3 Å². The van der Waals surface area contributed by atoms with Crippen LogP contribution in [0.5, 0.6) is 0 Å². The number of sulfonamides is 1. The molecule has 0 unspecified atom stereocenters. The summed E-state index contributed by atoms with van der Waals surface area (Å²) >= 11 is 0. The van der Waals surface area contributed by atoms with E-state index in [9.17, 15) is 25.6 Å². The van der Waals surface area contributed by atoms with Crippen LogP contribution in [0.15, 0.2) is 47.4 Å². The van der Waals surface area contributed by atoms with Gasteiger partial charge in [-0.05, 0) is 35.9 Å². The second-order valence-electron chi connectivity index (χ2n) is 4.91. The van der Waals surface area contributed by atoms with Crippen LogP contribution in [-0.2, 0) is 25.6 Å². The fraction of sp³-hybridized carbons (Fsp3) is 0.143. The first-order chi connectivity index (χ1) is 10.6. The summed E-state index contributed by atoms with van der Waals surface area (Å²) in [6, 6.07) is 8.07. The van der Waals surface area contributed by atoms with Crippen molar-refractivity contribution in [2.45, 2.75) is 10.6 Å². The summed E-state index contributed by atoms with van der Waals surface area (Å²) in [6.45, 7) is 0. The van der Waals surface area contributed by atoms with E-state index in [1.165, 1.54) is 24.3 Å². The van der Waals surface area contributed by atoms with E-state index in [1.54, 1.807) is 0 Å². The Morgan fingerprint density at radius 3 is 2.04 bits per heavy atom. The van der Waals surface area contributed by atoms with E-state index in [-0.39, 0.29) is 4.90 Å². The van der Waals surface area contributed by atoms with Gasteiger partial charge in [0.1, 0.15) is 0 Å². The zero-order valence-corrected chi connectivity index (χ0v) is 13.6. The quantitative estimate of drug-likeness (QED) is 0.829. The lowest BCUT2D eigenvalue weighted by atomic mass is 10.2. The van der Waals surface area contributed by atoms with Gasteiger partial charge >= 0.3 is 0 Å². The lowest BCUT2D eigenvalue weighted by Gasteiger charge is -2.07. The van der Waals surface area contributed by atoms with Gasteiger partial charge < -0.3 is 0 Å². The van der Waals surface area contributed by atoms with Gasteiger partial charge in [0.15, 0.2) is 21.5 Å². The lowest BCUT2D eigenvalue weighted by molar-refractivity contribution is 0.504. The van der Waals surface area contributed by atoms with Crippen molar-refractivity contribution in [1.82, 2.24) is 0 Å². The first kappa shape index (κ1) is 17.4. The molecular formula is C14H13F2NO4S2. The van der Waals surface area contributed by atoms with Crippen LogP contribution < -0.4 is 4.72 Å². The SMILES string of the molecule is CS(=O)(=O)Nc1ccc(CS(=O)(=O)c2ccc(F)c(F)c2)cc1. The van der Waals surface area contributed by atoms with Crippen LogP contribution in [0.4, 0.5) is 14.5 Å². The van der Waals surface area contributed by atoms with Crippen LogP contribution in [0, 0.1) is 11.6 Å². The Bertz CT molecular complexity index is 924. The molecule has 0 aliphatic rings. The molecule has 0 heterocycles. The minimum atomic E-state index is -3.85. The molecule has 0 aliphatic carbocycles. The molecule has 0 radical (unpaired) electrons. The number of nitrogens with one attached hydrogen (secondary N) is 1. The van der Waals surface area contributed by atoms with Crippen molar-refractivity contribution in [1.29, 1.82) is 0 Å². The molecule has 2 aromatic rings. The Balaban J connectivity index is 2.22. The summed E-state index contributed by atoms with van der Waals surface area (Å²) < 4.78 is 74.8. The van der Waals surface area contributed by atoms with Crippen molar-refractivity contribution in [3.05, 3.63) is 59.7 Å². The molecule has 0 aliphatic heterocycles. The van der Waals surface area contributed by atoms with Crippen molar-refractivity contribution in [3.63, 3.8) is 0 Å². The monoisotopic (exact) mass is 361 g/mol. The predicted octanol–water partition coefficient (Wildman–Crippen LogP) is 2.31. The molecule has 0 fully saturated rings. The van der Waals surface area contributed by atoms with Crippen LogP contribution in [0.3, 0.4) is 0 Å². The molecule has 1 N–H and O–H groups in total. The van der Waals surface area contributed by atoms with Gasteiger partial charge in [0.05, 0.1) is 16.9 Å². The molecule has 5 nitrogen and oxygen atoms in total. The Hall–Kier alpha value is -2.00. The third-order valence-corrected chi connectivity index (χ3v) is 5.16. The minimum absolute atomic E-state index is 0.293. The van der Waals surface area contributed by atoms with Gasteiger partial charge in [0.2, 0.25) is 10.0 Å². The molecule has 2 rings (SSSR count). The van der Waals surface area contributed by atoms with Crippen LogP contribution in [0.25, 0.3) is 0 Å². The molecule has 0 atom stereocenters. The van der Waals surface area contributed by atoms with E-state index in [2.05, 4.69) is 4.72 Å². The topological polar surface area (TPSA) is 80.3 Å². The zero-order valence-electron chi connectivity index (χ0n) is 12.0. The maximum absolute atomic E-state index is 13.2. The average molecular weight is 361 g/mol. The van der Waals surface area contributed by atoms with E-state index in [1.807, 2.05) is 0 Å². The number of rotatable bonds is 5. The standard InChI is InChI=1S/C14H13F2NO4S2/c1-22(18,19)17-11-4-2-10(3-5-11)9-23(20,21)12-6-7-13(15)14(16)8-12/h2-8,17H,9H2,1H3. The summed E-state index contributed by atoms with van der Waals surface area (Å²) in [5, 5.41) is 0. The molecule has 124 valence electrons. The highest BCUT2D eigenvalue weighted by molar-refractivity contribution is 7.92. The minimum Gasteiger partial charge on any atom is -0.284 e. The Labute approximate surface area is 132 Å². The van der Waals surface area contributed by atoms with E-state index < -0.39 is 37.2 Å². The Morgan fingerprint density at radius 2 is 1.52 bits per heavy atom. The average Bonchev–Trinajstić information content (AvgIpc) is 2.42. The van der Waals surface area contributed by atoms with Crippen molar-refractivity contribution >= 4 is 25.5 Å². The molecule has 2 aromatic carbocycles. The molecule has 0 saturated carbocycles. The van der Waals surface area contributed by atoms with Crippen molar-refractivity contribution in [2.24, 2.45) is 0 Å². The maximum Gasteiger partial charge on any atom is 0.229 e. The third kappa shape index (κ3) is 4.73. The normalized spacial score (nSPS) is 12.1. The highest BCUT2D eigenvalue weighted by Gasteiger charge is 2.17. The Kier molecular flexibility index (Phi) is 4.71. The van der Waals surface area contributed by atoms with Gasteiger partial charge in [-0.25, -0.2) is 25.6 Å². The third-order valence-electron chi connectivity index (χ3n) is 2.86. The summed E-state index contributed by atoms with van der Waals surface area (Å²) in [6.07, 6.45) is 0.994. The van der Waals surface area contributed by atoms with Crippen LogP contribution in [0.1, 0.15) is 5.56 Å². The van der Waals surface area contributed by atoms with Gasteiger partial charge in [-0.2, -0.15) is 0 Å². The molecule has 9 heteroatoms. The van der Waals surface area contributed by atoms with Crippen LogP contribution in [-0.4, -0.2) is 23.1 Å². The van der Waals surface area contributed by atoms with E-state index in [4.69, 9.17) is 0 Å². The highest BCUT2D eigenvalue weighted by atomic mass is 32.2. The van der Waals surface area contributed by atoms with Gasteiger partial charge in [-0.1, -0.05) is 12.1 Å². The molecule has 0 bridgehead atoms. The first-order valence-electron chi connectivity index (χ1n) is 6.31. The fourth-order valence-electron chi connectivity index (χ4n) is 1.86. The molecule has 0 spiro atoms. The van der Waals surface area contributed by atoms with Crippen molar-refractivity contribution in [2.75, 3.05) is 11.0 Å².